The summed E-state index contributed by atoms with van der Waals surface area (Å²) < 4.78 is 5.38. The van der Waals surface area contributed by atoms with Gasteiger partial charge >= 0.3 is 0 Å². The van der Waals surface area contributed by atoms with Gasteiger partial charge < -0.3 is 10.1 Å². The van der Waals surface area contributed by atoms with Crippen LogP contribution < -0.4 is 15.4 Å². The van der Waals surface area contributed by atoms with Crippen LogP contribution in [-0.4, -0.2) is 32.6 Å². The first kappa shape index (κ1) is 20.8. The van der Waals surface area contributed by atoms with Crippen molar-refractivity contribution in [2.45, 2.75) is 6.92 Å². The molecule has 1 aromatic heterocycles. The van der Waals surface area contributed by atoms with Crippen LogP contribution >= 0.6 is 23.8 Å². The SMILES string of the molecule is CCOc1ccc(C(=O)NC(=S)Nc2cc3nn(-c4ccccc4)nc3cc2Cl)cc1. The number of nitrogens with zero attached hydrogens (tertiary/aromatic N) is 3. The number of rotatable bonds is 5. The molecular weight excluding hydrogens is 434 g/mol. The fraction of sp³-hybridized carbons (Fsp3) is 0.0909. The molecule has 0 unspecified atom stereocenters. The number of amides is 1. The van der Waals surface area contributed by atoms with Gasteiger partial charge in [-0.05, 0) is 67.7 Å². The summed E-state index contributed by atoms with van der Waals surface area (Å²) in [5.41, 5.74) is 3.09. The maximum absolute atomic E-state index is 12.4. The summed E-state index contributed by atoms with van der Waals surface area (Å²) in [4.78, 5) is 14.0. The highest BCUT2D eigenvalue weighted by molar-refractivity contribution is 7.80. The van der Waals surface area contributed by atoms with Crippen LogP contribution in [0, 0.1) is 0 Å². The molecule has 1 heterocycles. The summed E-state index contributed by atoms with van der Waals surface area (Å²) in [6.45, 7) is 2.46. The van der Waals surface area contributed by atoms with E-state index in [1.165, 1.54) is 4.80 Å². The zero-order valence-corrected chi connectivity index (χ0v) is 18.1. The topological polar surface area (TPSA) is 81.1 Å². The molecular formula is C22H18ClN5O2S. The minimum absolute atomic E-state index is 0.121. The van der Waals surface area contributed by atoms with E-state index < -0.39 is 0 Å². The number of hydrogen-bond acceptors (Lipinski definition) is 5. The van der Waals surface area contributed by atoms with Crippen molar-refractivity contribution in [3.63, 3.8) is 0 Å². The fourth-order valence-electron chi connectivity index (χ4n) is 2.91. The third kappa shape index (κ3) is 4.82. The van der Waals surface area contributed by atoms with Gasteiger partial charge in [0.05, 0.1) is 23.0 Å². The van der Waals surface area contributed by atoms with Crippen LogP contribution in [0.5, 0.6) is 5.75 Å². The van der Waals surface area contributed by atoms with Gasteiger partial charge in [0.1, 0.15) is 16.8 Å². The molecule has 0 radical (unpaired) electrons. The second kappa shape index (κ2) is 9.11. The van der Waals surface area contributed by atoms with E-state index in [4.69, 9.17) is 28.6 Å². The molecule has 4 aromatic rings. The van der Waals surface area contributed by atoms with E-state index in [-0.39, 0.29) is 11.0 Å². The van der Waals surface area contributed by atoms with E-state index in [0.29, 0.717) is 39.7 Å². The Morgan fingerprint density at radius 3 is 2.42 bits per heavy atom. The van der Waals surface area contributed by atoms with Crippen LogP contribution in [0.25, 0.3) is 16.7 Å². The molecule has 2 N–H and O–H groups in total. The Labute approximate surface area is 189 Å². The van der Waals surface area contributed by atoms with Crippen LogP contribution in [0.15, 0.2) is 66.7 Å². The highest BCUT2D eigenvalue weighted by Gasteiger charge is 2.13. The number of anilines is 1. The molecule has 0 saturated heterocycles. The Morgan fingerprint density at radius 1 is 1.06 bits per heavy atom. The molecule has 0 atom stereocenters. The van der Waals surface area contributed by atoms with Crippen molar-refractivity contribution >= 4 is 51.6 Å². The van der Waals surface area contributed by atoms with Gasteiger partial charge in [0.2, 0.25) is 0 Å². The van der Waals surface area contributed by atoms with Crippen LogP contribution in [0.2, 0.25) is 5.02 Å². The number of hydrogen-bond donors (Lipinski definition) is 2. The van der Waals surface area contributed by atoms with Gasteiger partial charge in [-0.25, -0.2) is 0 Å². The predicted octanol–water partition coefficient (Wildman–Crippen LogP) is 4.60. The molecule has 0 saturated carbocycles. The summed E-state index contributed by atoms with van der Waals surface area (Å²) in [7, 11) is 0. The second-order valence-corrected chi connectivity index (χ2v) is 7.33. The van der Waals surface area contributed by atoms with Crippen LogP contribution in [0.3, 0.4) is 0 Å². The molecule has 7 nitrogen and oxygen atoms in total. The Bertz CT molecular complexity index is 1240. The van der Waals surface area contributed by atoms with Crippen molar-refractivity contribution in [3.05, 3.63) is 77.3 Å². The maximum Gasteiger partial charge on any atom is 0.257 e. The van der Waals surface area contributed by atoms with E-state index in [1.807, 2.05) is 37.3 Å². The molecule has 0 bridgehead atoms. The minimum atomic E-state index is -0.340. The Hall–Kier alpha value is -3.49. The van der Waals surface area contributed by atoms with Crippen molar-refractivity contribution in [2.24, 2.45) is 0 Å². The van der Waals surface area contributed by atoms with Crippen molar-refractivity contribution < 1.29 is 9.53 Å². The van der Waals surface area contributed by atoms with Gasteiger partial charge in [0.25, 0.3) is 5.91 Å². The standard InChI is InChI=1S/C22H18ClN5O2S/c1-2-30-16-10-8-14(9-11-16)21(29)25-22(31)24-18-13-20-19(12-17(18)23)26-28(27-20)15-6-4-3-5-7-15/h3-13H,2H2,1H3,(H2,24,25,29,31). The molecule has 3 aromatic carbocycles. The van der Waals surface area contributed by atoms with Crippen molar-refractivity contribution in [2.75, 3.05) is 11.9 Å². The first-order chi connectivity index (χ1) is 15.0. The summed E-state index contributed by atoms with van der Waals surface area (Å²) in [6.07, 6.45) is 0. The van der Waals surface area contributed by atoms with Crippen LogP contribution in [0.1, 0.15) is 17.3 Å². The molecule has 0 aliphatic carbocycles. The lowest BCUT2D eigenvalue weighted by Gasteiger charge is -2.11. The number of fused-ring (bicyclic) bond motifs is 1. The van der Waals surface area contributed by atoms with Gasteiger partial charge in [-0.15, -0.1) is 10.2 Å². The average molecular weight is 452 g/mol. The maximum atomic E-state index is 12.4. The Balaban J connectivity index is 1.47. The number of nitrogens with one attached hydrogen (secondary N) is 2. The molecule has 0 aliphatic rings. The summed E-state index contributed by atoms with van der Waals surface area (Å²) in [5.74, 6) is 0.358. The molecule has 156 valence electrons. The Kier molecular flexibility index (Phi) is 6.11. The highest BCUT2D eigenvalue weighted by Crippen LogP contribution is 2.27. The van der Waals surface area contributed by atoms with E-state index in [0.717, 1.165) is 5.69 Å². The number of thiocarbonyl (C=S) groups is 1. The van der Waals surface area contributed by atoms with Crippen molar-refractivity contribution in [1.29, 1.82) is 0 Å². The summed E-state index contributed by atoms with van der Waals surface area (Å²) in [6, 6.07) is 19.8. The van der Waals surface area contributed by atoms with E-state index in [9.17, 15) is 4.79 Å². The molecule has 0 aliphatic heterocycles. The Morgan fingerprint density at radius 2 is 1.74 bits per heavy atom. The third-order valence-corrected chi connectivity index (χ3v) is 4.88. The molecule has 31 heavy (non-hydrogen) atoms. The van der Waals surface area contributed by atoms with Gasteiger partial charge in [-0.1, -0.05) is 29.8 Å². The van der Waals surface area contributed by atoms with Gasteiger partial charge in [0.15, 0.2) is 5.11 Å². The first-order valence-electron chi connectivity index (χ1n) is 9.50. The van der Waals surface area contributed by atoms with E-state index >= 15 is 0 Å². The normalized spacial score (nSPS) is 10.6. The predicted molar refractivity (Wildman–Crippen MR) is 125 cm³/mol. The monoisotopic (exact) mass is 451 g/mol. The van der Waals surface area contributed by atoms with Crippen LogP contribution in [-0.2, 0) is 0 Å². The lowest BCUT2D eigenvalue weighted by Crippen LogP contribution is -2.34. The molecule has 9 heteroatoms. The largest absolute Gasteiger partial charge is 0.494 e. The summed E-state index contributed by atoms with van der Waals surface area (Å²) in [5, 5.41) is 15.1. The highest BCUT2D eigenvalue weighted by atomic mass is 35.5. The molecule has 4 rings (SSSR count). The molecule has 1 amide bonds. The summed E-state index contributed by atoms with van der Waals surface area (Å²) >= 11 is 11.7. The number of para-hydroxylation sites is 1. The zero-order chi connectivity index (χ0) is 21.8. The van der Waals surface area contributed by atoms with Gasteiger partial charge in [-0.3, -0.25) is 10.1 Å². The fourth-order valence-corrected chi connectivity index (χ4v) is 3.32. The zero-order valence-electron chi connectivity index (χ0n) is 16.5. The quantitative estimate of drug-likeness (QED) is 0.431. The first-order valence-corrected chi connectivity index (χ1v) is 10.3. The van der Waals surface area contributed by atoms with Crippen LogP contribution in [0.4, 0.5) is 5.69 Å². The average Bonchev–Trinajstić information content (AvgIpc) is 3.18. The number of carbonyl (C=O) groups is 1. The number of ether oxygens (including phenoxy) is 1. The number of aromatic nitrogens is 3. The lowest BCUT2D eigenvalue weighted by molar-refractivity contribution is 0.0977. The van der Waals surface area contributed by atoms with Gasteiger partial charge in [-0.2, -0.15) is 4.80 Å². The minimum Gasteiger partial charge on any atom is -0.494 e. The number of carbonyl (C=O) groups excluding carboxylic acids is 1. The third-order valence-electron chi connectivity index (χ3n) is 4.36. The van der Waals surface area contributed by atoms with Crippen molar-refractivity contribution in [3.8, 4) is 11.4 Å². The van der Waals surface area contributed by atoms with Gasteiger partial charge in [0, 0.05) is 5.56 Å². The smallest absolute Gasteiger partial charge is 0.257 e. The van der Waals surface area contributed by atoms with E-state index in [1.54, 1.807) is 36.4 Å². The number of halogens is 1. The van der Waals surface area contributed by atoms with Crippen molar-refractivity contribution in [1.82, 2.24) is 20.3 Å². The number of benzene rings is 3. The van der Waals surface area contributed by atoms with E-state index in [2.05, 4.69) is 20.8 Å². The molecule has 0 fully saturated rings. The lowest BCUT2D eigenvalue weighted by atomic mass is 10.2. The molecule has 0 spiro atoms. The second-order valence-electron chi connectivity index (χ2n) is 6.51.